The SMILES string of the molecule is C=C[C@H]1C(=O)OCC[C@@H]1O[Si](C)(C)C(C)(C)C. The van der Waals surface area contributed by atoms with Crippen molar-refractivity contribution in [2.75, 3.05) is 6.61 Å². The minimum absolute atomic E-state index is 0.0605. The van der Waals surface area contributed by atoms with Gasteiger partial charge in [-0.1, -0.05) is 26.8 Å². The van der Waals surface area contributed by atoms with Crippen LogP contribution >= 0.6 is 0 Å². The van der Waals surface area contributed by atoms with Crippen molar-refractivity contribution in [3.8, 4) is 0 Å². The molecule has 0 amide bonds. The Balaban J connectivity index is 2.79. The highest BCUT2D eigenvalue weighted by Gasteiger charge is 2.42. The van der Waals surface area contributed by atoms with E-state index >= 15 is 0 Å². The molecule has 0 aromatic heterocycles. The van der Waals surface area contributed by atoms with Gasteiger partial charge in [-0.25, -0.2) is 0 Å². The molecule has 0 spiro atoms. The van der Waals surface area contributed by atoms with Crippen molar-refractivity contribution in [1.29, 1.82) is 0 Å². The number of carbonyl (C=O) groups excluding carboxylic acids is 1. The zero-order chi connectivity index (χ0) is 13.3. The molecule has 3 nitrogen and oxygen atoms in total. The zero-order valence-electron chi connectivity index (χ0n) is 11.6. The predicted molar refractivity (Wildman–Crippen MR) is 71.3 cm³/mol. The molecule has 2 atom stereocenters. The number of hydrogen-bond donors (Lipinski definition) is 0. The third-order valence-corrected chi connectivity index (χ3v) is 8.33. The lowest BCUT2D eigenvalue weighted by Gasteiger charge is -2.41. The molecule has 1 aliphatic heterocycles. The van der Waals surface area contributed by atoms with Gasteiger partial charge in [0, 0.05) is 6.42 Å². The summed E-state index contributed by atoms with van der Waals surface area (Å²) in [5.41, 5.74) is 0. The van der Waals surface area contributed by atoms with Crippen LogP contribution in [0.5, 0.6) is 0 Å². The first-order valence-corrected chi connectivity index (χ1v) is 9.07. The van der Waals surface area contributed by atoms with Gasteiger partial charge in [0.05, 0.1) is 18.6 Å². The molecule has 0 aromatic carbocycles. The van der Waals surface area contributed by atoms with Gasteiger partial charge in [-0.3, -0.25) is 4.79 Å². The van der Waals surface area contributed by atoms with E-state index in [0.717, 1.165) is 6.42 Å². The number of rotatable bonds is 3. The van der Waals surface area contributed by atoms with E-state index in [1.165, 1.54) is 0 Å². The van der Waals surface area contributed by atoms with Gasteiger partial charge in [0.25, 0.3) is 0 Å². The van der Waals surface area contributed by atoms with Gasteiger partial charge in [-0.15, -0.1) is 6.58 Å². The Morgan fingerprint density at radius 3 is 2.53 bits per heavy atom. The molecule has 1 rings (SSSR count). The van der Waals surface area contributed by atoms with E-state index in [9.17, 15) is 4.79 Å². The van der Waals surface area contributed by atoms with Crippen LogP contribution in [0.2, 0.25) is 18.1 Å². The van der Waals surface area contributed by atoms with Crippen LogP contribution in [-0.2, 0) is 14.0 Å². The highest BCUT2D eigenvalue weighted by molar-refractivity contribution is 6.74. The number of hydrogen-bond acceptors (Lipinski definition) is 3. The Labute approximate surface area is 105 Å². The third kappa shape index (κ3) is 3.19. The lowest BCUT2D eigenvalue weighted by atomic mass is 9.98. The molecule has 1 aliphatic rings. The Hall–Kier alpha value is -0.613. The van der Waals surface area contributed by atoms with E-state index in [2.05, 4.69) is 40.4 Å². The van der Waals surface area contributed by atoms with Crippen LogP contribution in [0.4, 0.5) is 0 Å². The number of cyclic esters (lactones) is 1. The fourth-order valence-corrected chi connectivity index (χ4v) is 3.01. The molecule has 1 fully saturated rings. The minimum atomic E-state index is -1.84. The Bertz CT molecular complexity index is 304. The summed E-state index contributed by atoms with van der Waals surface area (Å²) in [7, 11) is -1.84. The van der Waals surface area contributed by atoms with Crippen LogP contribution in [0.3, 0.4) is 0 Å². The van der Waals surface area contributed by atoms with Crippen LogP contribution < -0.4 is 0 Å². The summed E-state index contributed by atoms with van der Waals surface area (Å²) in [4.78, 5) is 11.6. The van der Waals surface area contributed by atoms with Crippen LogP contribution in [0, 0.1) is 5.92 Å². The van der Waals surface area contributed by atoms with Crippen molar-refractivity contribution in [3.05, 3.63) is 12.7 Å². The Morgan fingerprint density at radius 1 is 1.47 bits per heavy atom. The second kappa shape index (κ2) is 4.94. The predicted octanol–water partition coefficient (Wildman–Crippen LogP) is 3.13. The first-order valence-electron chi connectivity index (χ1n) is 6.16. The topological polar surface area (TPSA) is 35.5 Å². The minimum Gasteiger partial charge on any atom is -0.465 e. The van der Waals surface area contributed by atoms with Gasteiger partial charge in [0.2, 0.25) is 0 Å². The molecule has 0 bridgehead atoms. The van der Waals surface area contributed by atoms with Gasteiger partial charge < -0.3 is 9.16 Å². The summed E-state index contributed by atoms with van der Waals surface area (Å²) >= 11 is 0. The Kier molecular flexibility index (Phi) is 4.20. The smallest absolute Gasteiger partial charge is 0.315 e. The first kappa shape index (κ1) is 14.4. The first-order chi connectivity index (χ1) is 7.69. The average molecular weight is 256 g/mol. The van der Waals surface area contributed by atoms with Crippen molar-refractivity contribution in [2.24, 2.45) is 5.92 Å². The van der Waals surface area contributed by atoms with Crippen LogP contribution in [0.1, 0.15) is 27.2 Å². The normalized spacial score (nSPS) is 26.5. The van der Waals surface area contributed by atoms with Crippen molar-refractivity contribution in [1.82, 2.24) is 0 Å². The lowest BCUT2D eigenvalue weighted by Crippen LogP contribution is -2.48. The monoisotopic (exact) mass is 256 g/mol. The molecule has 0 radical (unpaired) electrons. The maximum Gasteiger partial charge on any atom is 0.315 e. The van der Waals surface area contributed by atoms with Gasteiger partial charge in [0.15, 0.2) is 8.32 Å². The summed E-state index contributed by atoms with van der Waals surface area (Å²) in [5, 5.41) is 0.153. The van der Waals surface area contributed by atoms with Crippen LogP contribution in [0.15, 0.2) is 12.7 Å². The molecule has 1 heterocycles. The molecular formula is C13H24O3Si. The molecule has 17 heavy (non-hydrogen) atoms. The zero-order valence-corrected chi connectivity index (χ0v) is 12.6. The quantitative estimate of drug-likeness (QED) is 0.442. The molecule has 1 saturated heterocycles. The molecule has 0 aromatic rings. The van der Waals surface area contributed by atoms with Crippen molar-refractivity contribution < 1.29 is 14.0 Å². The molecule has 0 N–H and O–H groups in total. The second-order valence-corrected chi connectivity index (χ2v) is 10.9. The van der Waals surface area contributed by atoms with E-state index < -0.39 is 8.32 Å². The molecular weight excluding hydrogens is 232 g/mol. The Morgan fingerprint density at radius 2 is 2.06 bits per heavy atom. The van der Waals surface area contributed by atoms with E-state index in [4.69, 9.17) is 9.16 Å². The van der Waals surface area contributed by atoms with Crippen molar-refractivity contribution in [2.45, 2.75) is 51.4 Å². The van der Waals surface area contributed by atoms with Crippen molar-refractivity contribution >= 4 is 14.3 Å². The standard InChI is InChI=1S/C13H24O3Si/c1-7-10-11(8-9-15-12(10)14)16-17(5,6)13(2,3)4/h7,10-11H,1,8-9H2,2-6H3/t10-,11+/m1/s1. The van der Waals surface area contributed by atoms with E-state index in [0.29, 0.717) is 6.61 Å². The number of carbonyl (C=O) groups is 1. The third-order valence-electron chi connectivity index (χ3n) is 3.83. The van der Waals surface area contributed by atoms with Crippen LogP contribution in [-0.4, -0.2) is 27.0 Å². The second-order valence-electron chi connectivity index (χ2n) is 6.13. The van der Waals surface area contributed by atoms with E-state index in [1.54, 1.807) is 6.08 Å². The summed E-state index contributed by atoms with van der Waals surface area (Å²) in [6, 6.07) is 0. The molecule has 4 heteroatoms. The van der Waals surface area contributed by atoms with E-state index in [1.807, 2.05) is 0 Å². The summed E-state index contributed by atoms with van der Waals surface area (Å²) in [5.74, 6) is -0.507. The fourth-order valence-electron chi connectivity index (χ4n) is 1.64. The van der Waals surface area contributed by atoms with Gasteiger partial charge in [-0.05, 0) is 18.1 Å². The van der Waals surface area contributed by atoms with Gasteiger partial charge >= 0.3 is 5.97 Å². The maximum absolute atomic E-state index is 11.6. The van der Waals surface area contributed by atoms with Gasteiger partial charge in [0.1, 0.15) is 0 Å². The van der Waals surface area contributed by atoms with Crippen LogP contribution in [0.25, 0.3) is 0 Å². The molecule has 98 valence electrons. The highest BCUT2D eigenvalue weighted by Crippen LogP contribution is 2.39. The maximum atomic E-state index is 11.6. The lowest BCUT2D eigenvalue weighted by molar-refractivity contribution is -0.156. The number of ether oxygens (including phenoxy) is 1. The van der Waals surface area contributed by atoms with E-state index in [-0.39, 0.29) is 23.0 Å². The molecule has 0 saturated carbocycles. The average Bonchev–Trinajstić information content (AvgIpc) is 2.15. The largest absolute Gasteiger partial charge is 0.465 e. The summed E-state index contributed by atoms with van der Waals surface area (Å²) < 4.78 is 11.3. The summed E-state index contributed by atoms with van der Waals surface area (Å²) in [6.07, 6.45) is 2.36. The van der Waals surface area contributed by atoms with Gasteiger partial charge in [-0.2, -0.15) is 0 Å². The molecule has 0 aliphatic carbocycles. The highest BCUT2D eigenvalue weighted by atomic mass is 28.4. The van der Waals surface area contributed by atoms with Crippen molar-refractivity contribution in [3.63, 3.8) is 0 Å². The molecule has 0 unspecified atom stereocenters. The summed E-state index contributed by atoms with van der Waals surface area (Å²) in [6.45, 7) is 15.2. The number of esters is 1. The fraction of sp³-hybridized carbons (Fsp3) is 0.769.